The predicted molar refractivity (Wildman–Crippen MR) is 156 cm³/mol. The van der Waals surface area contributed by atoms with E-state index in [1.165, 1.54) is 5.57 Å². The van der Waals surface area contributed by atoms with Crippen molar-refractivity contribution in [3.8, 4) is 23.0 Å². The molecule has 204 valence electrons. The van der Waals surface area contributed by atoms with Crippen molar-refractivity contribution in [3.63, 3.8) is 0 Å². The lowest BCUT2D eigenvalue weighted by atomic mass is 9.82. The number of para-hydroxylation sites is 1. The SMILES string of the molecule is CCCN1CC(=Cc2ccc(OC)c(OC)c2)C2=NN(c3ccccc3)C(c3ccc(OC)c(OC)c3)C2C1. The average Bonchev–Trinajstić information content (AvgIpc) is 3.37. The molecule has 2 aliphatic heterocycles. The standard InChI is InChI=1S/C32H37N3O4/c1-6-16-34-20-24(17-22-12-14-27(36-2)29(18-22)38-4)31-26(21-34)32(35(33-31)25-10-8-7-9-11-25)23-13-15-28(37-3)30(19-23)39-5/h7-15,17-19,26,32H,6,16,20-21H2,1-5H3. The van der Waals surface area contributed by atoms with Gasteiger partial charge >= 0.3 is 0 Å². The maximum atomic E-state index is 5.69. The Morgan fingerprint density at radius 1 is 0.821 bits per heavy atom. The molecule has 2 heterocycles. The lowest BCUT2D eigenvalue weighted by Crippen LogP contribution is -2.44. The van der Waals surface area contributed by atoms with Crippen molar-refractivity contribution >= 4 is 17.5 Å². The van der Waals surface area contributed by atoms with E-state index < -0.39 is 0 Å². The molecule has 0 aliphatic carbocycles. The van der Waals surface area contributed by atoms with Crippen LogP contribution in [0.5, 0.6) is 23.0 Å². The number of ether oxygens (including phenoxy) is 4. The van der Waals surface area contributed by atoms with E-state index in [2.05, 4.69) is 65.4 Å². The van der Waals surface area contributed by atoms with Gasteiger partial charge in [-0.2, -0.15) is 5.10 Å². The Bertz CT molecular complexity index is 1350. The van der Waals surface area contributed by atoms with E-state index in [0.717, 1.165) is 65.8 Å². The van der Waals surface area contributed by atoms with Gasteiger partial charge in [-0.15, -0.1) is 0 Å². The number of nitrogens with zero attached hydrogens (tertiary/aromatic N) is 3. The summed E-state index contributed by atoms with van der Waals surface area (Å²) in [6.07, 6.45) is 3.34. The van der Waals surface area contributed by atoms with Gasteiger partial charge in [-0.05, 0) is 72.1 Å². The highest BCUT2D eigenvalue weighted by molar-refractivity contribution is 6.09. The Labute approximate surface area is 231 Å². The van der Waals surface area contributed by atoms with Crippen molar-refractivity contribution in [2.75, 3.05) is 53.1 Å². The van der Waals surface area contributed by atoms with Gasteiger partial charge in [-0.1, -0.05) is 37.3 Å². The zero-order valence-corrected chi connectivity index (χ0v) is 23.4. The van der Waals surface area contributed by atoms with Gasteiger partial charge in [0, 0.05) is 19.0 Å². The van der Waals surface area contributed by atoms with Crippen LogP contribution in [0.2, 0.25) is 0 Å². The highest BCUT2D eigenvalue weighted by Crippen LogP contribution is 2.45. The number of hydrogen-bond donors (Lipinski definition) is 0. The van der Waals surface area contributed by atoms with Gasteiger partial charge in [0.2, 0.25) is 0 Å². The third-order valence-corrected chi connectivity index (χ3v) is 7.45. The topological polar surface area (TPSA) is 55.8 Å². The van der Waals surface area contributed by atoms with Gasteiger partial charge in [0.15, 0.2) is 23.0 Å². The second-order valence-corrected chi connectivity index (χ2v) is 9.85. The fourth-order valence-electron chi connectivity index (χ4n) is 5.68. The van der Waals surface area contributed by atoms with E-state index in [4.69, 9.17) is 24.0 Å². The normalized spacial score (nSPS) is 20.0. The molecule has 2 atom stereocenters. The molecule has 2 unspecified atom stereocenters. The Balaban J connectivity index is 1.62. The van der Waals surface area contributed by atoms with Crippen LogP contribution in [0.3, 0.4) is 0 Å². The summed E-state index contributed by atoms with van der Waals surface area (Å²) in [6, 6.07) is 22.7. The Kier molecular flexibility index (Phi) is 8.07. The van der Waals surface area contributed by atoms with Crippen molar-refractivity contribution < 1.29 is 18.9 Å². The molecule has 0 saturated carbocycles. The van der Waals surface area contributed by atoms with Gasteiger partial charge in [0.05, 0.1) is 45.9 Å². The average molecular weight is 528 g/mol. The smallest absolute Gasteiger partial charge is 0.161 e. The number of hydrogen-bond acceptors (Lipinski definition) is 7. The van der Waals surface area contributed by atoms with Crippen LogP contribution in [0.25, 0.3) is 6.08 Å². The van der Waals surface area contributed by atoms with Crippen LogP contribution in [-0.2, 0) is 0 Å². The van der Waals surface area contributed by atoms with E-state index in [9.17, 15) is 0 Å². The fraction of sp³-hybridized carbons (Fsp3) is 0.344. The number of piperidine rings is 1. The van der Waals surface area contributed by atoms with Crippen LogP contribution in [-0.4, -0.2) is 58.7 Å². The third-order valence-electron chi connectivity index (χ3n) is 7.45. The number of likely N-dealkylation sites (tertiary alicyclic amines) is 1. The molecule has 5 rings (SSSR count). The summed E-state index contributed by atoms with van der Waals surface area (Å²) in [5.74, 6) is 3.05. The second-order valence-electron chi connectivity index (χ2n) is 9.85. The molecule has 0 N–H and O–H groups in total. The largest absolute Gasteiger partial charge is 0.493 e. The summed E-state index contributed by atoms with van der Waals surface area (Å²) in [7, 11) is 6.67. The number of anilines is 1. The molecule has 1 fully saturated rings. The van der Waals surface area contributed by atoms with Crippen LogP contribution >= 0.6 is 0 Å². The summed E-state index contributed by atoms with van der Waals surface area (Å²) in [4.78, 5) is 2.54. The first-order valence-electron chi connectivity index (χ1n) is 13.4. The van der Waals surface area contributed by atoms with Crippen molar-refractivity contribution in [2.24, 2.45) is 11.0 Å². The molecule has 0 aromatic heterocycles. The molecule has 0 spiro atoms. The molecule has 3 aromatic carbocycles. The third kappa shape index (κ3) is 5.32. The van der Waals surface area contributed by atoms with Gasteiger partial charge in [-0.3, -0.25) is 9.91 Å². The van der Waals surface area contributed by atoms with E-state index in [-0.39, 0.29) is 12.0 Å². The minimum Gasteiger partial charge on any atom is -0.493 e. The summed E-state index contributed by atoms with van der Waals surface area (Å²) in [5.41, 5.74) is 5.61. The molecule has 7 nitrogen and oxygen atoms in total. The molecule has 2 aliphatic rings. The highest BCUT2D eigenvalue weighted by atomic mass is 16.5. The zero-order valence-electron chi connectivity index (χ0n) is 23.4. The molecular weight excluding hydrogens is 490 g/mol. The Hall–Kier alpha value is -3.97. The lowest BCUT2D eigenvalue weighted by molar-refractivity contribution is 0.253. The first-order valence-corrected chi connectivity index (χ1v) is 13.4. The van der Waals surface area contributed by atoms with Crippen LogP contribution in [0.15, 0.2) is 77.4 Å². The number of hydrazone groups is 1. The van der Waals surface area contributed by atoms with Gasteiger partial charge in [0.1, 0.15) is 0 Å². The summed E-state index contributed by atoms with van der Waals surface area (Å²) < 4.78 is 22.3. The zero-order chi connectivity index (χ0) is 27.4. The minimum absolute atomic E-state index is 0.00988. The molecule has 7 heteroatoms. The highest BCUT2D eigenvalue weighted by Gasteiger charge is 2.44. The molecule has 1 saturated heterocycles. The van der Waals surface area contributed by atoms with Crippen molar-refractivity contribution in [3.05, 3.63) is 83.4 Å². The van der Waals surface area contributed by atoms with E-state index in [1.54, 1.807) is 28.4 Å². The fourth-order valence-corrected chi connectivity index (χ4v) is 5.68. The number of rotatable bonds is 9. The first kappa shape index (κ1) is 26.6. The van der Waals surface area contributed by atoms with Gasteiger partial charge in [0.25, 0.3) is 0 Å². The van der Waals surface area contributed by atoms with Gasteiger partial charge in [-0.25, -0.2) is 0 Å². The predicted octanol–water partition coefficient (Wildman–Crippen LogP) is 6.06. The van der Waals surface area contributed by atoms with E-state index in [1.807, 2.05) is 24.3 Å². The molecular formula is C32H37N3O4. The van der Waals surface area contributed by atoms with Gasteiger partial charge < -0.3 is 18.9 Å². The van der Waals surface area contributed by atoms with Crippen LogP contribution in [0.1, 0.15) is 30.5 Å². The van der Waals surface area contributed by atoms with Crippen molar-refractivity contribution in [2.45, 2.75) is 19.4 Å². The van der Waals surface area contributed by atoms with E-state index in [0.29, 0.717) is 5.75 Å². The van der Waals surface area contributed by atoms with Crippen LogP contribution in [0.4, 0.5) is 5.69 Å². The maximum absolute atomic E-state index is 5.69. The molecule has 3 aromatic rings. The number of fused-ring (bicyclic) bond motifs is 1. The summed E-state index contributed by atoms with van der Waals surface area (Å²) >= 11 is 0. The van der Waals surface area contributed by atoms with Crippen LogP contribution in [0, 0.1) is 5.92 Å². The first-order chi connectivity index (χ1) is 19.1. The molecule has 39 heavy (non-hydrogen) atoms. The Morgan fingerprint density at radius 2 is 1.49 bits per heavy atom. The number of methoxy groups -OCH3 is 4. The van der Waals surface area contributed by atoms with Crippen LogP contribution < -0.4 is 24.0 Å². The molecule has 0 bridgehead atoms. The molecule has 0 radical (unpaired) electrons. The summed E-state index contributed by atoms with van der Waals surface area (Å²) in [6.45, 7) is 5.03. The number of benzene rings is 3. The molecule has 0 amide bonds. The second kappa shape index (κ2) is 11.8. The maximum Gasteiger partial charge on any atom is 0.161 e. The lowest BCUT2D eigenvalue weighted by Gasteiger charge is -2.36. The van der Waals surface area contributed by atoms with Crippen molar-refractivity contribution in [1.29, 1.82) is 0 Å². The minimum atomic E-state index is 0.00988. The van der Waals surface area contributed by atoms with E-state index >= 15 is 0 Å². The summed E-state index contributed by atoms with van der Waals surface area (Å²) in [5, 5.41) is 7.49. The Morgan fingerprint density at radius 3 is 2.15 bits per heavy atom. The van der Waals surface area contributed by atoms with Crippen molar-refractivity contribution in [1.82, 2.24) is 4.90 Å². The monoisotopic (exact) mass is 527 g/mol. The quantitative estimate of drug-likeness (QED) is 0.337.